The molecule has 2 heterocycles. The monoisotopic (exact) mass is 326 g/mol. The summed E-state index contributed by atoms with van der Waals surface area (Å²) in [6, 6.07) is 7.98. The van der Waals surface area contributed by atoms with Gasteiger partial charge in [-0.05, 0) is 25.5 Å². The number of aromatic carboxylic acids is 1. The van der Waals surface area contributed by atoms with Crippen molar-refractivity contribution in [2.75, 3.05) is 0 Å². The number of aromatic nitrogens is 2. The molecule has 0 unspecified atom stereocenters. The Morgan fingerprint density at radius 1 is 1.30 bits per heavy atom. The van der Waals surface area contributed by atoms with E-state index in [4.69, 9.17) is 5.11 Å². The molecule has 3 rings (SSSR count). The van der Waals surface area contributed by atoms with Crippen LogP contribution in [0.1, 0.15) is 32.1 Å². The highest BCUT2D eigenvalue weighted by Gasteiger charge is 2.13. The Balaban J connectivity index is 2.09. The third-order valence-corrected chi connectivity index (χ3v) is 4.45. The van der Waals surface area contributed by atoms with Crippen LogP contribution in [-0.2, 0) is 0 Å². The molecule has 0 amide bonds. The minimum absolute atomic E-state index is 0.0915. The van der Waals surface area contributed by atoms with Crippen LogP contribution in [0.3, 0.4) is 0 Å². The number of aryl methyl sites for hydroxylation is 1. The molecule has 0 spiro atoms. The summed E-state index contributed by atoms with van der Waals surface area (Å²) in [6.07, 6.45) is 4.99. The SMILES string of the molecule is Cc1cccc(C=Cc2nc3sc(C(=O)O)cn3c(=O)c2C)c1. The third kappa shape index (κ3) is 2.93. The van der Waals surface area contributed by atoms with E-state index >= 15 is 0 Å². The largest absolute Gasteiger partial charge is 0.477 e. The zero-order valence-electron chi connectivity index (χ0n) is 12.6. The fourth-order valence-electron chi connectivity index (χ4n) is 2.26. The van der Waals surface area contributed by atoms with Crippen molar-refractivity contribution in [3.05, 3.63) is 68.1 Å². The van der Waals surface area contributed by atoms with Crippen LogP contribution in [-0.4, -0.2) is 20.5 Å². The van der Waals surface area contributed by atoms with Gasteiger partial charge in [-0.1, -0.05) is 47.2 Å². The lowest BCUT2D eigenvalue weighted by molar-refractivity contribution is 0.0701. The van der Waals surface area contributed by atoms with Gasteiger partial charge >= 0.3 is 5.97 Å². The molecule has 3 aromatic rings. The van der Waals surface area contributed by atoms with Crippen LogP contribution in [0.15, 0.2) is 35.3 Å². The molecule has 0 fully saturated rings. The van der Waals surface area contributed by atoms with Gasteiger partial charge in [-0.25, -0.2) is 9.78 Å². The second kappa shape index (κ2) is 5.81. The Bertz CT molecular complexity index is 999. The van der Waals surface area contributed by atoms with Gasteiger partial charge in [0.15, 0.2) is 4.96 Å². The summed E-state index contributed by atoms with van der Waals surface area (Å²) in [5.74, 6) is -1.06. The number of rotatable bonds is 3. The second-order valence-electron chi connectivity index (χ2n) is 5.23. The first-order valence-electron chi connectivity index (χ1n) is 6.96. The zero-order chi connectivity index (χ0) is 16.6. The first kappa shape index (κ1) is 15.2. The normalized spacial score (nSPS) is 11.4. The van der Waals surface area contributed by atoms with Crippen molar-refractivity contribution in [3.63, 3.8) is 0 Å². The molecule has 0 aliphatic rings. The highest BCUT2D eigenvalue weighted by molar-refractivity contribution is 7.18. The van der Waals surface area contributed by atoms with E-state index in [1.54, 1.807) is 13.0 Å². The molecule has 0 saturated carbocycles. The van der Waals surface area contributed by atoms with E-state index in [0.717, 1.165) is 22.5 Å². The molecule has 0 aliphatic heterocycles. The fraction of sp³-hybridized carbons (Fsp3) is 0.118. The Morgan fingerprint density at radius 2 is 2.09 bits per heavy atom. The predicted octanol–water partition coefficient (Wildman–Crippen LogP) is 3.24. The molecule has 2 aromatic heterocycles. The topological polar surface area (TPSA) is 71.7 Å². The van der Waals surface area contributed by atoms with Crippen LogP contribution in [0.2, 0.25) is 0 Å². The molecule has 23 heavy (non-hydrogen) atoms. The molecule has 0 atom stereocenters. The molecule has 0 bridgehead atoms. The lowest BCUT2D eigenvalue weighted by Gasteiger charge is -2.01. The third-order valence-electron chi connectivity index (χ3n) is 3.48. The molecule has 0 saturated heterocycles. The smallest absolute Gasteiger partial charge is 0.347 e. The van der Waals surface area contributed by atoms with Gasteiger partial charge in [0.25, 0.3) is 5.56 Å². The lowest BCUT2D eigenvalue weighted by Crippen LogP contribution is -2.17. The van der Waals surface area contributed by atoms with Crippen LogP contribution >= 0.6 is 11.3 Å². The van der Waals surface area contributed by atoms with E-state index in [2.05, 4.69) is 4.98 Å². The number of nitrogens with zero attached hydrogens (tertiary/aromatic N) is 2. The van der Waals surface area contributed by atoms with E-state index in [1.165, 1.54) is 10.6 Å². The van der Waals surface area contributed by atoms with Crippen LogP contribution < -0.4 is 5.56 Å². The maximum atomic E-state index is 12.4. The fourth-order valence-corrected chi connectivity index (χ4v) is 3.08. The number of hydrogen-bond donors (Lipinski definition) is 1. The van der Waals surface area contributed by atoms with E-state index in [-0.39, 0.29) is 10.4 Å². The van der Waals surface area contributed by atoms with Gasteiger partial charge in [-0.15, -0.1) is 0 Å². The molecule has 6 heteroatoms. The second-order valence-corrected chi connectivity index (χ2v) is 6.24. The molecule has 1 N–H and O–H groups in total. The Labute approximate surface area is 136 Å². The predicted molar refractivity (Wildman–Crippen MR) is 91.1 cm³/mol. The van der Waals surface area contributed by atoms with Gasteiger partial charge in [0.1, 0.15) is 4.88 Å². The maximum Gasteiger partial charge on any atom is 0.347 e. The van der Waals surface area contributed by atoms with Crippen molar-refractivity contribution in [1.82, 2.24) is 9.38 Å². The average Bonchev–Trinajstić information content (AvgIpc) is 2.94. The van der Waals surface area contributed by atoms with Crippen molar-refractivity contribution in [2.24, 2.45) is 0 Å². The maximum absolute atomic E-state index is 12.4. The van der Waals surface area contributed by atoms with Gasteiger partial charge in [-0.3, -0.25) is 9.20 Å². The van der Waals surface area contributed by atoms with Crippen molar-refractivity contribution >= 4 is 34.4 Å². The number of fused-ring (bicyclic) bond motifs is 1. The summed E-state index contributed by atoms with van der Waals surface area (Å²) in [5, 5.41) is 9.05. The highest BCUT2D eigenvalue weighted by atomic mass is 32.1. The van der Waals surface area contributed by atoms with E-state index in [1.807, 2.05) is 37.3 Å². The van der Waals surface area contributed by atoms with Gasteiger partial charge in [0.2, 0.25) is 0 Å². The van der Waals surface area contributed by atoms with Gasteiger partial charge < -0.3 is 5.11 Å². The number of carbonyl (C=O) groups is 1. The first-order valence-corrected chi connectivity index (χ1v) is 7.78. The Kier molecular flexibility index (Phi) is 3.83. The van der Waals surface area contributed by atoms with Gasteiger partial charge in [0.05, 0.1) is 5.69 Å². The van der Waals surface area contributed by atoms with Crippen molar-refractivity contribution < 1.29 is 9.90 Å². The average molecular weight is 326 g/mol. The number of carboxylic acid groups (broad SMARTS) is 1. The number of hydrogen-bond acceptors (Lipinski definition) is 4. The summed E-state index contributed by atoms with van der Waals surface area (Å²) in [7, 11) is 0. The molecule has 0 aliphatic carbocycles. The number of carboxylic acids is 1. The number of thiazole rings is 1. The summed E-state index contributed by atoms with van der Waals surface area (Å²) in [6.45, 7) is 3.70. The molecule has 116 valence electrons. The molecule has 1 aromatic carbocycles. The van der Waals surface area contributed by atoms with Crippen molar-refractivity contribution in [2.45, 2.75) is 13.8 Å². The molecule has 0 radical (unpaired) electrons. The summed E-state index contributed by atoms with van der Waals surface area (Å²) in [4.78, 5) is 28.3. The molecule has 5 nitrogen and oxygen atoms in total. The first-order chi connectivity index (χ1) is 11.0. The Morgan fingerprint density at radius 3 is 2.78 bits per heavy atom. The van der Waals surface area contributed by atoms with Gasteiger partial charge in [0, 0.05) is 11.8 Å². The lowest BCUT2D eigenvalue weighted by atomic mass is 10.1. The highest BCUT2D eigenvalue weighted by Crippen LogP contribution is 2.17. The summed E-state index contributed by atoms with van der Waals surface area (Å²) in [5.41, 5.74) is 2.96. The van der Waals surface area contributed by atoms with E-state index < -0.39 is 5.97 Å². The minimum atomic E-state index is -1.06. The van der Waals surface area contributed by atoms with Crippen LogP contribution in [0.4, 0.5) is 0 Å². The molecular weight excluding hydrogens is 312 g/mol. The molecular formula is C17H14N2O3S. The standard InChI is InChI=1S/C17H14N2O3S/c1-10-4-3-5-12(8-10)6-7-13-11(2)15(20)19-9-14(16(21)22)23-17(19)18-13/h3-9H,1-2H3,(H,21,22). The van der Waals surface area contributed by atoms with Crippen LogP contribution in [0.25, 0.3) is 17.1 Å². The summed E-state index contributed by atoms with van der Waals surface area (Å²) >= 11 is 0.985. The van der Waals surface area contributed by atoms with E-state index in [0.29, 0.717) is 16.2 Å². The van der Waals surface area contributed by atoms with Crippen molar-refractivity contribution in [3.8, 4) is 0 Å². The van der Waals surface area contributed by atoms with E-state index in [9.17, 15) is 9.59 Å². The van der Waals surface area contributed by atoms with Crippen LogP contribution in [0.5, 0.6) is 0 Å². The van der Waals surface area contributed by atoms with Gasteiger partial charge in [-0.2, -0.15) is 0 Å². The van der Waals surface area contributed by atoms with Crippen LogP contribution in [0, 0.1) is 13.8 Å². The quantitative estimate of drug-likeness (QED) is 0.802. The van der Waals surface area contributed by atoms with Crippen molar-refractivity contribution in [1.29, 1.82) is 0 Å². The summed E-state index contributed by atoms with van der Waals surface area (Å²) < 4.78 is 1.29. The minimum Gasteiger partial charge on any atom is -0.477 e. The Hall–Kier alpha value is -2.73. The zero-order valence-corrected chi connectivity index (χ0v) is 13.4. The number of benzene rings is 1.